The van der Waals surface area contributed by atoms with Gasteiger partial charge in [0.2, 0.25) is 5.95 Å². The Bertz CT molecular complexity index is 758. The van der Waals surface area contributed by atoms with E-state index in [-0.39, 0.29) is 5.91 Å². The first kappa shape index (κ1) is 12.2. The summed E-state index contributed by atoms with van der Waals surface area (Å²) in [6.45, 7) is 1.82. The number of hydrogen-bond donors (Lipinski definition) is 3. The molecule has 1 aromatic heterocycles. The van der Waals surface area contributed by atoms with Crippen LogP contribution in [0.2, 0.25) is 0 Å². The first-order chi connectivity index (χ1) is 9.65. The SMILES string of the molecule is Cc1c(N)cccc1C(=O)Nc1nc2ccccc2[nH]1. The molecule has 3 rings (SSSR count). The third kappa shape index (κ3) is 2.09. The zero-order valence-corrected chi connectivity index (χ0v) is 11.0. The number of para-hydroxylation sites is 2. The zero-order chi connectivity index (χ0) is 14.1. The molecule has 1 amide bonds. The molecule has 5 heteroatoms. The van der Waals surface area contributed by atoms with E-state index in [1.807, 2.05) is 31.2 Å². The number of nitrogens with one attached hydrogen (secondary N) is 2. The number of aromatic amines is 1. The third-order valence-corrected chi connectivity index (χ3v) is 3.24. The highest BCUT2D eigenvalue weighted by molar-refractivity contribution is 6.05. The summed E-state index contributed by atoms with van der Waals surface area (Å²) >= 11 is 0. The molecule has 3 aromatic rings. The Kier molecular flexibility index (Phi) is 2.87. The summed E-state index contributed by atoms with van der Waals surface area (Å²) in [5.41, 5.74) is 9.41. The van der Waals surface area contributed by atoms with E-state index in [1.54, 1.807) is 18.2 Å². The minimum absolute atomic E-state index is 0.228. The third-order valence-electron chi connectivity index (χ3n) is 3.24. The van der Waals surface area contributed by atoms with Crippen molar-refractivity contribution in [2.45, 2.75) is 6.92 Å². The van der Waals surface area contributed by atoms with Gasteiger partial charge in [0.1, 0.15) is 0 Å². The normalized spacial score (nSPS) is 10.7. The number of hydrogen-bond acceptors (Lipinski definition) is 3. The van der Waals surface area contributed by atoms with Crippen molar-refractivity contribution in [1.29, 1.82) is 0 Å². The van der Waals surface area contributed by atoms with Crippen molar-refractivity contribution in [3.63, 3.8) is 0 Å². The van der Waals surface area contributed by atoms with Crippen LogP contribution in [0.1, 0.15) is 15.9 Å². The highest BCUT2D eigenvalue weighted by atomic mass is 16.1. The van der Waals surface area contributed by atoms with E-state index >= 15 is 0 Å². The molecule has 5 nitrogen and oxygen atoms in total. The van der Waals surface area contributed by atoms with Gasteiger partial charge in [0.05, 0.1) is 11.0 Å². The molecule has 0 spiro atoms. The number of nitrogens with two attached hydrogens (primary N) is 1. The molecule has 0 aliphatic rings. The molecule has 0 aliphatic carbocycles. The highest BCUT2D eigenvalue weighted by Gasteiger charge is 2.12. The maximum Gasteiger partial charge on any atom is 0.258 e. The molecule has 0 atom stereocenters. The van der Waals surface area contributed by atoms with Crippen LogP contribution in [0.4, 0.5) is 11.6 Å². The van der Waals surface area contributed by atoms with E-state index in [1.165, 1.54) is 0 Å². The fraction of sp³-hybridized carbons (Fsp3) is 0.0667. The number of fused-ring (bicyclic) bond motifs is 1. The van der Waals surface area contributed by atoms with E-state index < -0.39 is 0 Å². The van der Waals surface area contributed by atoms with Crippen LogP contribution in [0.3, 0.4) is 0 Å². The summed E-state index contributed by atoms with van der Waals surface area (Å²) in [7, 11) is 0. The predicted octanol–water partition coefficient (Wildman–Crippen LogP) is 2.71. The van der Waals surface area contributed by atoms with Crippen molar-refractivity contribution in [3.8, 4) is 0 Å². The summed E-state index contributed by atoms with van der Waals surface area (Å²) < 4.78 is 0. The number of aromatic nitrogens is 2. The molecule has 0 saturated heterocycles. The number of nitrogens with zero attached hydrogens (tertiary/aromatic N) is 1. The van der Waals surface area contributed by atoms with Gasteiger partial charge in [-0.1, -0.05) is 18.2 Å². The molecule has 4 N–H and O–H groups in total. The number of H-pyrrole nitrogens is 1. The van der Waals surface area contributed by atoms with Crippen molar-refractivity contribution in [1.82, 2.24) is 9.97 Å². The van der Waals surface area contributed by atoms with Crippen LogP contribution in [-0.2, 0) is 0 Å². The Hall–Kier alpha value is -2.82. The second-order valence-electron chi connectivity index (χ2n) is 4.58. The van der Waals surface area contributed by atoms with Gasteiger partial charge in [0.25, 0.3) is 5.91 Å². The standard InChI is InChI=1S/C15H14N4O/c1-9-10(5-4-6-11(9)16)14(20)19-15-17-12-7-2-3-8-13(12)18-15/h2-8H,16H2,1H3,(H2,17,18,19,20). The smallest absolute Gasteiger partial charge is 0.258 e. The summed E-state index contributed by atoms with van der Waals surface area (Å²) in [5.74, 6) is 0.201. The molecule has 0 bridgehead atoms. The summed E-state index contributed by atoms with van der Waals surface area (Å²) in [6, 6.07) is 12.9. The van der Waals surface area contributed by atoms with Crippen LogP contribution < -0.4 is 11.1 Å². The quantitative estimate of drug-likeness (QED) is 0.623. The molecule has 0 radical (unpaired) electrons. The topological polar surface area (TPSA) is 83.8 Å². The lowest BCUT2D eigenvalue weighted by molar-refractivity contribution is 0.102. The average Bonchev–Trinajstić information content (AvgIpc) is 2.83. The Morgan fingerprint density at radius 3 is 2.80 bits per heavy atom. The van der Waals surface area contributed by atoms with Crippen molar-refractivity contribution in [2.24, 2.45) is 0 Å². The van der Waals surface area contributed by atoms with Crippen molar-refractivity contribution in [2.75, 3.05) is 11.1 Å². The minimum atomic E-state index is -0.228. The number of anilines is 2. The number of amides is 1. The highest BCUT2D eigenvalue weighted by Crippen LogP contribution is 2.18. The van der Waals surface area contributed by atoms with E-state index in [0.29, 0.717) is 17.2 Å². The molecule has 0 unspecified atom stereocenters. The van der Waals surface area contributed by atoms with E-state index in [9.17, 15) is 4.79 Å². The lowest BCUT2D eigenvalue weighted by Crippen LogP contribution is -2.15. The maximum absolute atomic E-state index is 12.2. The number of carbonyl (C=O) groups is 1. The van der Waals surface area contributed by atoms with Crippen molar-refractivity contribution in [3.05, 3.63) is 53.6 Å². The summed E-state index contributed by atoms with van der Waals surface area (Å²) in [6.07, 6.45) is 0. The van der Waals surface area contributed by atoms with Gasteiger partial charge in [0.15, 0.2) is 0 Å². The van der Waals surface area contributed by atoms with Crippen LogP contribution >= 0.6 is 0 Å². The molecule has 2 aromatic carbocycles. The molecule has 20 heavy (non-hydrogen) atoms. The van der Waals surface area contributed by atoms with Gasteiger partial charge in [0, 0.05) is 11.3 Å². The van der Waals surface area contributed by atoms with Crippen LogP contribution in [0, 0.1) is 6.92 Å². The molecule has 1 heterocycles. The van der Waals surface area contributed by atoms with Gasteiger partial charge >= 0.3 is 0 Å². The Morgan fingerprint density at radius 1 is 1.20 bits per heavy atom. The molecular formula is C15H14N4O. The second-order valence-corrected chi connectivity index (χ2v) is 4.58. The Balaban J connectivity index is 1.90. The second kappa shape index (κ2) is 4.70. The number of carbonyl (C=O) groups excluding carboxylic acids is 1. The van der Waals surface area contributed by atoms with Crippen molar-refractivity contribution < 1.29 is 4.79 Å². The van der Waals surface area contributed by atoms with E-state index in [2.05, 4.69) is 15.3 Å². The van der Waals surface area contributed by atoms with Gasteiger partial charge in [-0.25, -0.2) is 4.98 Å². The van der Waals surface area contributed by atoms with E-state index in [4.69, 9.17) is 5.73 Å². The fourth-order valence-corrected chi connectivity index (χ4v) is 2.09. The van der Waals surface area contributed by atoms with Crippen LogP contribution in [0.25, 0.3) is 11.0 Å². The number of imidazole rings is 1. The lowest BCUT2D eigenvalue weighted by atomic mass is 10.1. The fourth-order valence-electron chi connectivity index (χ4n) is 2.09. The molecule has 0 fully saturated rings. The van der Waals surface area contributed by atoms with Gasteiger partial charge in [-0.15, -0.1) is 0 Å². The summed E-state index contributed by atoms with van der Waals surface area (Å²) in [4.78, 5) is 19.6. The number of rotatable bonds is 2. The monoisotopic (exact) mass is 266 g/mol. The average molecular weight is 266 g/mol. The lowest BCUT2D eigenvalue weighted by Gasteiger charge is -2.07. The Labute approximate surface area is 115 Å². The maximum atomic E-state index is 12.2. The predicted molar refractivity (Wildman–Crippen MR) is 79.6 cm³/mol. The number of nitrogen functional groups attached to an aromatic ring is 1. The van der Waals surface area contributed by atoms with Gasteiger partial charge in [-0.3, -0.25) is 10.1 Å². The zero-order valence-electron chi connectivity index (χ0n) is 11.0. The molecule has 0 aliphatic heterocycles. The molecular weight excluding hydrogens is 252 g/mol. The number of benzene rings is 2. The molecule has 0 saturated carbocycles. The molecule has 100 valence electrons. The van der Waals surface area contributed by atoms with Crippen molar-refractivity contribution >= 4 is 28.6 Å². The van der Waals surface area contributed by atoms with Crippen LogP contribution in [0.5, 0.6) is 0 Å². The first-order valence-electron chi connectivity index (χ1n) is 6.26. The van der Waals surface area contributed by atoms with Gasteiger partial charge in [-0.2, -0.15) is 0 Å². The van der Waals surface area contributed by atoms with Gasteiger partial charge < -0.3 is 10.7 Å². The van der Waals surface area contributed by atoms with Crippen LogP contribution in [0.15, 0.2) is 42.5 Å². The summed E-state index contributed by atoms with van der Waals surface area (Å²) in [5, 5.41) is 2.75. The first-order valence-corrected chi connectivity index (χ1v) is 6.26. The van der Waals surface area contributed by atoms with E-state index in [0.717, 1.165) is 16.6 Å². The minimum Gasteiger partial charge on any atom is -0.398 e. The Morgan fingerprint density at radius 2 is 2.00 bits per heavy atom. The van der Waals surface area contributed by atoms with Gasteiger partial charge in [-0.05, 0) is 36.8 Å². The van der Waals surface area contributed by atoms with Crippen LogP contribution in [-0.4, -0.2) is 15.9 Å². The largest absolute Gasteiger partial charge is 0.398 e.